The van der Waals surface area contributed by atoms with Crippen molar-refractivity contribution in [1.29, 1.82) is 5.26 Å². The zero-order valence-electron chi connectivity index (χ0n) is 18.4. The monoisotopic (exact) mass is 458 g/mol. The molecule has 1 aromatic carbocycles. The number of carbonyl (C=O) groups excluding carboxylic acids is 1. The number of nitrogens with one attached hydrogen (secondary N) is 1. The SMILES string of the molecule is N#Cc1cc(-c2cc(NC(=O)C3CC3)ncn2)ccc1O[C@H]1CCN(c2ccccn2)C[C@H]1F. The van der Waals surface area contributed by atoms with E-state index in [9.17, 15) is 14.4 Å². The number of hydrogen-bond donors (Lipinski definition) is 1. The molecule has 0 unspecified atom stereocenters. The first-order chi connectivity index (χ1) is 16.6. The Balaban J connectivity index is 1.28. The van der Waals surface area contributed by atoms with Gasteiger partial charge in [0.2, 0.25) is 5.91 Å². The third-order valence-electron chi connectivity index (χ3n) is 6.00. The average molecular weight is 458 g/mol. The van der Waals surface area contributed by atoms with Crippen LogP contribution in [0, 0.1) is 17.2 Å². The number of pyridine rings is 1. The first kappa shape index (κ1) is 21.8. The Hall–Kier alpha value is -4.06. The van der Waals surface area contributed by atoms with Crippen molar-refractivity contribution in [2.24, 2.45) is 5.92 Å². The van der Waals surface area contributed by atoms with Crippen LogP contribution in [0.3, 0.4) is 0 Å². The molecule has 0 radical (unpaired) electrons. The zero-order chi connectivity index (χ0) is 23.5. The topological polar surface area (TPSA) is 104 Å². The molecular weight excluding hydrogens is 435 g/mol. The predicted molar refractivity (Wildman–Crippen MR) is 124 cm³/mol. The molecule has 2 aliphatic rings. The number of aromatic nitrogens is 3. The van der Waals surface area contributed by atoms with Crippen LogP contribution in [0.15, 0.2) is 55.0 Å². The number of piperidine rings is 1. The highest BCUT2D eigenvalue weighted by molar-refractivity contribution is 5.93. The lowest BCUT2D eigenvalue weighted by Crippen LogP contribution is -2.47. The minimum absolute atomic E-state index is 0.0408. The number of ether oxygens (including phenoxy) is 1. The Bertz CT molecular complexity index is 1230. The lowest BCUT2D eigenvalue weighted by atomic mass is 10.0. The van der Waals surface area contributed by atoms with E-state index in [4.69, 9.17) is 4.74 Å². The summed E-state index contributed by atoms with van der Waals surface area (Å²) in [5.41, 5.74) is 1.53. The van der Waals surface area contributed by atoms with Gasteiger partial charge in [0.05, 0.1) is 17.8 Å². The summed E-state index contributed by atoms with van der Waals surface area (Å²) >= 11 is 0. The second-order valence-corrected chi connectivity index (χ2v) is 8.47. The van der Waals surface area contributed by atoms with Crippen LogP contribution < -0.4 is 15.0 Å². The van der Waals surface area contributed by atoms with Crippen LogP contribution in [0.4, 0.5) is 16.0 Å². The van der Waals surface area contributed by atoms with Gasteiger partial charge in [-0.3, -0.25) is 4.79 Å². The summed E-state index contributed by atoms with van der Waals surface area (Å²) in [7, 11) is 0. The molecule has 5 rings (SSSR count). The number of nitrogens with zero attached hydrogens (tertiary/aromatic N) is 5. The number of hydrogen-bond acceptors (Lipinski definition) is 7. The molecule has 3 heterocycles. The van der Waals surface area contributed by atoms with Crippen LogP contribution >= 0.6 is 0 Å². The number of benzene rings is 1. The zero-order valence-corrected chi connectivity index (χ0v) is 18.4. The molecule has 1 amide bonds. The molecule has 2 fully saturated rings. The van der Waals surface area contributed by atoms with E-state index in [0.29, 0.717) is 41.4 Å². The van der Waals surface area contributed by atoms with Gasteiger partial charge in [-0.2, -0.15) is 5.26 Å². The summed E-state index contributed by atoms with van der Waals surface area (Å²) in [6, 6.07) is 14.4. The Labute approximate surface area is 196 Å². The van der Waals surface area contributed by atoms with E-state index >= 15 is 0 Å². The first-order valence-electron chi connectivity index (χ1n) is 11.2. The van der Waals surface area contributed by atoms with Gasteiger partial charge in [0.15, 0.2) is 6.17 Å². The quantitative estimate of drug-likeness (QED) is 0.600. The number of anilines is 2. The van der Waals surface area contributed by atoms with E-state index in [-0.39, 0.29) is 18.4 Å². The molecule has 9 heteroatoms. The summed E-state index contributed by atoms with van der Waals surface area (Å²) in [5, 5.41) is 12.5. The number of halogens is 1. The molecule has 1 N–H and O–H groups in total. The van der Waals surface area contributed by atoms with Gasteiger partial charge in [0, 0.05) is 36.7 Å². The molecule has 2 atom stereocenters. The summed E-state index contributed by atoms with van der Waals surface area (Å²) in [6.45, 7) is 0.788. The number of alkyl halides is 1. The molecule has 1 aliphatic heterocycles. The van der Waals surface area contributed by atoms with E-state index < -0.39 is 12.3 Å². The molecule has 8 nitrogen and oxygen atoms in total. The molecular formula is C25H23FN6O2. The van der Waals surface area contributed by atoms with Crippen molar-refractivity contribution in [3.63, 3.8) is 0 Å². The fourth-order valence-corrected chi connectivity index (χ4v) is 3.96. The van der Waals surface area contributed by atoms with Gasteiger partial charge in [0.25, 0.3) is 0 Å². The van der Waals surface area contributed by atoms with Crippen molar-refractivity contribution in [3.05, 3.63) is 60.6 Å². The average Bonchev–Trinajstić information content (AvgIpc) is 3.72. The minimum atomic E-state index is -1.22. The summed E-state index contributed by atoms with van der Waals surface area (Å²) < 4.78 is 20.9. The summed E-state index contributed by atoms with van der Waals surface area (Å²) in [5.74, 6) is 1.52. The van der Waals surface area contributed by atoms with Gasteiger partial charge in [-0.25, -0.2) is 19.3 Å². The van der Waals surface area contributed by atoms with Gasteiger partial charge < -0.3 is 15.0 Å². The highest BCUT2D eigenvalue weighted by atomic mass is 19.1. The van der Waals surface area contributed by atoms with Crippen LogP contribution in [0.25, 0.3) is 11.3 Å². The molecule has 1 saturated heterocycles. The maximum atomic E-state index is 14.9. The summed E-state index contributed by atoms with van der Waals surface area (Å²) in [4.78, 5) is 26.6. The van der Waals surface area contributed by atoms with Gasteiger partial charge >= 0.3 is 0 Å². The first-order valence-corrected chi connectivity index (χ1v) is 11.2. The second kappa shape index (κ2) is 9.43. The minimum Gasteiger partial charge on any atom is -0.486 e. The lowest BCUT2D eigenvalue weighted by molar-refractivity contribution is -0.117. The van der Waals surface area contributed by atoms with E-state index in [0.717, 1.165) is 18.7 Å². The van der Waals surface area contributed by atoms with Crippen LogP contribution in [0.1, 0.15) is 24.8 Å². The van der Waals surface area contributed by atoms with Gasteiger partial charge in [0.1, 0.15) is 35.9 Å². The molecule has 2 aromatic heterocycles. The fraction of sp³-hybridized carbons (Fsp3) is 0.320. The second-order valence-electron chi connectivity index (χ2n) is 8.47. The summed E-state index contributed by atoms with van der Waals surface area (Å²) in [6.07, 6.45) is 3.46. The van der Waals surface area contributed by atoms with Gasteiger partial charge in [-0.1, -0.05) is 6.07 Å². The smallest absolute Gasteiger partial charge is 0.228 e. The van der Waals surface area contributed by atoms with Crippen molar-refractivity contribution in [2.45, 2.75) is 31.5 Å². The third-order valence-corrected chi connectivity index (χ3v) is 6.00. The molecule has 3 aromatic rings. The molecule has 172 valence electrons. The van der Waals surface area contributed by atoms with Crippen molar-refractivity contribution in [2.75, 3.05) is 23.3 Å². The van der Waals surface area contributed by atoms with E-state index in [2.05, 4.69) is 26.3 Å². The van der Waals surface area contributed by atoms with Crippen molar-refractivity contribution >= 4 is 17.5 Å². The van der Waals surface area contributed by atoms with Crippen LogP contribution in [-0.4, -0.2) is 46.2 Å². The van der Waals surface area contributed by atoms with Crippen LogP contribution in [0.2, 0.25) is 0 Å². The number of nitriles is 1. The number of carbonyl (C=O) groups is 1. The Morgan fingerprint density at radius 3 is 2.76 bits per heavy atom. The molecule has 1 saturated carbocycles. The van der Waals surface area contributed by atoms with Gasteiger partial charge in [-0.15, -0.1) is 0 Å². The maximum Gasteiger partial charge on any atom is 0.228 e. The van der Waals surface area contributed by atoms with E-state index in [1.54, 1.807) is 30.5 Å². The number of rotatable bonds is 6. The Morgan fingerprint density at radius 1 is 1.15 bits per heavy atom. The molecule has 34 heavy (non-hydrogen) atoms. The van der Waals surface area contributed by atoms with Crippen molar-refractivity contribution < 1.29 is 13.9 Å². The Morgan fingerprint density at radius 2 is 2.03 bits per heavy atom. The third kappa shape index (κ3) is 4.81. The fourth-order valence-electron chi connectivity index (χ4n) is 3.96. The highest BCUT2D eigenvalue weighted by Crippen LogP contribution is 2.31. The van der Waals surface area contributed by atoms with E-state index in [1.165, 1.54) is 6.33 Å². The molecule has 1 aliphatic carbocycles. The standard InChI is InChI=1S/C25H23FN6O2/c26-19-14-32(24-3-1-2-9-28-24)10-8-22(19)34-21-7-6-17(11-18(21)13-27)20-12-23(30-15-29-20)31-25(33)16-4-5-16/h1-3,6-7,9,11-12,15-16,19,22H,4-5,8,10,14H2,(H,29,30,31,33)/t19-,22+/m1/s1. The van der Waals surface area contributed by atoms with Crippen LogP contribution in [0.5, 0.6) is 5.75 Å². The molecule has 0 bridgehead atoms. The van der Waals surface area contributed by atoms with Crippen molar-refractivity contribution in [3.8, 4) is 23.1 Å². The number of amides is 1. The lowest BCUT2D eigenvalue weighted by Gasteiger charge is -2.35. The normalized spacial score (nSPS) is 19.8. The Kier molecular flexibility index (Phi) is 6.04. The highest BCUT2D eigenvalue weighted by Gasteiger charge is 2.32. The van der Waals surface area contributed by atoms with E-state index in [1.807, 2.05) is 23.1 Å². The predicted octanol–water partition coefficient (Wildman–Crippen LogP) is 3.75. The molecule has 0 spiro atoms. The van der Waals surface area contributed by atoms with Gasteiger partial charge in [-0.05, 0) is 43.2 Å². The van der Waals surface area contributed by atoms with Crippen molar-refractivity contribution in [1.82, 2.24) is 15.0 Å². The largest absolute Gasteiger partial charge is 0.486 e. The maximum absolute atomic E-state index is 14.9. The van der Waals surface area contributed by atoms with Crippen LogP contribution in [-0.2, 0) is 4.79 Å².